The molecule has 2 unspecified atom stereocenters. The van der Waals surface area contributed by atoms with Crippen LogP contribution in [-0.2, 0) is 4.74 Å². The molecule has 1 aromatic carbocycles. The van der Waals surface area contributed by atoms with Gasteiger partial charge in [-0.05, 0) is 31.4 Å². The molecule has 0 heterocycles. The van der Waals surface area contributed by atoms with E-state index in [1.54, 1.807) is 6.07 Å². The maximum Gasteiger partial charge on any atom is 0.101 e. The van der Waals surface area contributed by atoms with Gasteiger partial charge in [-0.25, -0.2) is 0 Å². The summed E-state index contributed by atoms with van der Waals surface area (Å²) in [6, 6.07) is 9.36. The number of anilines is 1. The standard InChI is InChI=1S/C16H24N2O2/c1-12(2)8-13(3)20-11-15(19)10-18-16-7-5-4-6-14(16)9-17/h4-7,12-13,15,18-19H,8,10-11H2,1-3H3. The number of para-hydroxylation sites is 1. The van der Waals surface area contributed by atoms with E-state index in [0.29, 0.717) is 24.6 Å². The van der Waals surface area contributed by atoms with E-state index in [1.807, 2.05) is 25.1 Å². The van der Waals surface area contributed by atoms with E-state index in [9.17, 15) is 5.11 Å². The highest BCUT2D eigenvalue weighted by atomic mass is 16.5. The van der Waals surface area contributed by atoms with Crippen LogP contribution in [0.3, 0.4) is 0 Å². The van der Waals surface area contributed by atoms with Crippen LogP contribution >= 0.6 is 0 Å². The molecule has 4 heteroatoms. The van der Waals surface area contributed by atoms with E-state index in [0.717, 1.165) is 12.1 Å². The van der Waals surface area contributed by atoms with Crippen molar-refractivity contribution in [2.24, 2.45) is 5.92 Å². The summed E-state index contributed by atoms with van der Waals surface area (Å²) in [5, 5.41) is 21.9. The van der Waals surface area contributed by atoms with E-state index < -0.39 is 6.10 Å². The molecule has 2 atom stereocenters. The van der Waals surface area contributed by atoms with E-state index in [4.69, 9.17) is 10.00 Å². The van der Waals surface area contributed by atoms with Crippen molar-refractivity contribution in [3.8, 4) is 6.07 Å². The van der Waals surface area contributed by atoms with Crippen molar-refractivity contribution in [3.05, 3.63) is 29.8 Å². The first kappa shape index (κ1) is 16.5. The summed E-state index contributed by atoms with van der Waals surface area (Å²) in [5.41, 5.74) is 1.32. The zero-order chi connectivity index (χ0) is 15.0. The lowest BCUT2D eigenvalue weighted by Crippen LogP contribution is -2.27. The van der Waals surface area contributed by atoms with Crippen molar-refractivity contribution in [3.63, 3.8) is 0 Å². The maximum atomic E-state index is 9.89. The molecule has 0 aliphatic heterocycles. The van der Waals surface area contributed by atoms with Crippen LogP contribution in [0.15, 0.2) is 24.3 Å². The fourth-order valence-electron chi connectivity index (χ4n) is 2.03. The van der Waals surface area contributed by atoms with Crippen LogP contribution in [0.1, 0.15) is 32.8 Å². The van der Waals surface area contributed by atoms with Crippen LogP contribution in [0.25, 0.3) is 0 Å². The van der Waals surface area contributed by atoms with E-state index in [-0.39, 0.29) is 6.10 Å². The Morgan fingerprint density at radius 3 is 2.65 bits per heavy atom. The second kappa shape index (κ2) is 8.57. The molecule has 2 N–H and O–H groups in total. The van der Waals surface area contributed by atoms with Gasteiger partial charge in [0.2, 0.25) is 0 Å². The number of nitrogens with one attached hydrogen (secondary N) is 1. The first-order valence-corrected chi connectivity index (χ1v) is 7.05. The van der Waals surface area contributed by atoms with Gasteiger partial charge in [0.25, 0.3) is 0 Å². The Kier molecular flexibility index (Phi) is 7.06. The quantitative estimate of drug-likeness (QED) is 0.766. The van der Waals surface area contributed by atoms with E-state index in [1.165, 1.54) is 0 Å². The summed E-state index contributed by atoms with van der Waals surface area (Å²) < 4.78 is 5.60. The van der Waals surface area contributed by atoms with Crippen molar-refractivity contribution in [1.82, 2.24) is 0 Å². The third-order valence-electron chi connectivity index (χ3n) is 2.95. The Balaban J connectivity index is 2.33. The van der Waals surface area contributed by atoms with Crippen LogP contribution in [0.5, 0.6) is 0 Å². The molecule has 0 aliphatic carbocycles. The first-order chi connectivity index (χ1) is 9.52. The monoisotopic (exact) mass is 276 g/mol. The molecule has 4 nitrogen and oxygen atoms in total. The Bertz CT molecular complexity index is 440. The summed E-state index contributed by atoms with van der Waals surface area (Å²) in [6.07, 6.45) is 0.546. The SMILES string of the molecule is CC(C)CC(C)OCC(O)CNc1ccccc1C#N. The second-order valence-electron chi connectivity index (χ2n) is 5.47. The van der Waals surface area contributed by atoms with Crippen LogP contribution in [0.2, 0.25) is 0 Å². The molecule has 0 spiro atoms. The van der Waals surface area contributed by atoms with Crippen molar-refractivity contribution in [2.45, 2.75) is 39.4 Å². The average Bonchev–Trinajstić information content (AvgIpc) is 2.42. The predicted octanol–water partition coefficient (Wildman–Crippen LogP) is 2.78. The Morgan fingerprint density at radius 2 is 2.00 bits per heavy atom. The van der Waals surface area contributed by atoms with Gasteiger partial charge in [-0.1, -0.05) is 26.0 Å². The average molecular weight is 276 g/mol. The normalized spacial score (nSPS) is 13.8. The number of nitriles is 1. The number of nitrogens with zero attached hydrogens (tertiary/aromatic N) is 1. The third kappa shape index (κ3) is 6.05. The Morgan fingerprint density at radius 1 is 1.30 bits per heavy atom. The van der Waals surface area contributed by atoms with Gasteiger partial charge < -0.3 is 15.2 Å². The molecule has 0 aliphatic rings. The molecule has 0 saturated heterocycles. The second-order valence-corrected chi connectivity index (χ2v) is 5.47. The molecule has 0 saturated carbocycles. The molecule has 0 bridgehead atoms. The van der Waals surface area contributed by atoms with Gasteiger partial charge >= 0.3 is 0 Å². The molecule has 0 amide bonds. The van der Waals surface area contributed by atoms with Crippen molar-refractivity contribution in [2.75, 3.05) is 18.5 Å². The number of aliphatic hydroxyl groups excluding tert-OH is 1. The molecule has 1 aromatic rings. The summed E-state index contributed by atoms with van der Waals surface area (Å²) in [5.74, 6) is 0.586. The van der Waals surface area contributed by atoms with E-state index >= 15 is 0 Å². The van der Waals surface area contributed by atoms with Crippen LogP contribution < -0.4 is 5.32 Å². The fourth-order valence-corrected chi connectivity index (χ4v) is 2.03. The lowest BCUT2D eigenvalue weighted by Gasteiger charge is -2.18. The smallest absolute Gasteiger partial charge is 0.101 e. The number of aliphatic hydroxyl groups is 1. The molecular weight excluding hydrogens is 252 g/mol. The minimum atomic E-state index is -0.587. The minimum Gasteiger partial charge on any atom is -0.389 e. The summed E-state index contributed by atoms with van der Waals surface area (Å²) in [7, 11) is 0. The lowest BCUT2D eigenvalue weighted by molar-refractivity contribution is -0.00443. The van der Waals surface area contributed by atoms with Crippen LogP contribution in [0, 0.1) is 17.2 Å². The largest absolute Gasteiger partial charge is 0.389 e. The molecule has 110 valence electrons. The van der Waals surface area contributed by atoms with Crippen molar-refractivity contribution < 1.29 is 9.84 Å². The Hall–Kier alpha value is -1.57. The number of rotatable bonds is 8. The highest BCUT2D eigenvalue weighted by Crippen LogP contribution is 2.13. The van der Waals surface area contributed by atoms with Gasteiger partial charge in [-0.15, -0.1) is 0 Å². The van der Waals surface area contributed by atoms with Gasteiger partial charge in [-0.3, -0.25) is 0 Å². The van der Waals surface area contributed by atoms with Crippen LogP contribution in [0.4, 0.5) is 5.69 Å². The molecular formula is C16H24N2O2. The zero-order valence-electron chi connectivity index (χ0n) is 12.5. The van der Waals surface area contributed by atoms with Gasteiger partial charge in [0.15, 0.2) is 0 Å². The highest BCUT2D eigenvalue weighted by molar-refractivity contribution is 5.57. The fraction of sp³-hybridized carbons (Fsp3) is 0.562. The topological polar surface area (TPSA) is 65.3 Å². The van der Waals surface area contributed by atoms with Crippen molar-refractivity contribution in [1.29, 1.82) is 5.26 Å². The number of hydrogen-bond donors (Lipinski definition) is 2. The predicted molar refractivity (Wildman–Crippen MR) is 80.5 cm³/mol. The first-order valence-electron chi connectivity index (χ1n) is 7.05. The Labute approximate surface area is 121 Å². The summed E-state index contributed by atoms with van der Waals surface area (Å²) in [6.45, 7) is 6.99. The number of hydrogen-bond acceptors (Lipinski definition) is 4. The lowest BCUT2D eigenvalue weighted by atomic mass is 10.1. The molecule has 1 rings (SSSR count). The highest BCUT2D eigenvalue weighted by Gasteiger charge is 2.10. The molecule has 0 radical (unpaired) electrons. The van der Waals surface area contributed by atoms with Crippen LogP contribution in [-0.4, -0.2) is 30.5 Å². The van der Waals surface area contributed by atoms with E-state index in [2.05, 4.69) is 25.2 Å². The molecule has 0 aromatic heterocycles. The minimum absolute atomic E-state index is 0.149. The van der Waals surface area contributed by atoms with Gasteiger partial charge in [0, 0.05) is 6.54 Å². The molecule has 0 fully saturated rings. The summed E-state index contributed by atoms with van der Waals surface area (Å²) in [4.78, 5) is 0. The third-order valence-corrected chi connectivity index (χ3v) is 2.95. The van der Waals surface area contributed by atoms with Crippen molar-refractivity contribution >= 4 is 5.69 Å². The maximum absolute atomic E-state index is 9.89. The molecule has 20 heavy (non-hydrogen) atoms. The van der Waals surface area contributed by atoms with Gasteiger partial charge in [0.1, 0.15) is 6.07 Å². The number of benzene rings is 1. The van der Waals surface area contributed by atoms with Gasteiger partial charge in [0.05, 0.1) is 30.1 Å². The van der Waals surface area contributed by atoms with Gasteiger partial charge in [-0.2, -0.15) is 5.26 Å². The summed E-state index contributed by atoms with van der Waals surface area (Å²) >= 11 is 0. The number of ether oxygens (including phenoxy) is 1. The zero-order valence-corrected chi connectivity index (χ0v) is 12.5.